The molecule has 9 heteroatoms. The SMILES string of the molecule is CS(=O)(=O)c1ccc(F)cc1-c1n[nH]nc1C(N)=O. The molecule has 1 heterocycles. The topological polar surface area (TPSA) is 119 Å². The first-order chi connectivity index (χ1) is 8.80. The predicted octanol–water partition coefficient (Wildman–Crippen LogP) is 0.113. The van der Waals surface area contributed by atoms with Crippen molar-refractivity contribution >= 4 is 15.7 Å². The summed E-state index contributed by atoms with van der Waals surface area (Å²) in [6.45, 7) is 0. The van der Waals surface area contributed by atoms with E-state index in [1.165, 1.54) is 0 Å². The number of hydrogen-bond donors (Lipinski definition) is 2. The first kappa shape index (κ1) is 13.1. The van der Waals surface area contributed by atoms with E-state index in [0.29, 0.717) is 0 Å². The quantitative estimate of drug-likeness (QED) is 0.775. The zero-order valence-electron chi connectivity index (χ0n) is 9.71. The number of H-pyrrole nitrogens is 1. The number of sulfone groups is 1. The lowest BCUT2D eigenvalue weighted by Crippen LogP contribution is -2.13. The van der Waals surface area contributed by atoms with Crippen LogP contribution in [0, 0.1) is 5.82 Å². The lowest BCUT2D eigenvalue weighted by molar-refractivity contribution is 0.0996. The maximum absolute atomic E-state index is 13.3. The summed E-state index contributed by atoms with van der Waals surface area (Å²) in [6, 6.07) is 3.06. The number of aromatic amines is 1. The molecule has 0 fully saturated rings. The second kappa shape index (κ2) is 4.43. The minimum Gasteiger partial charge on any atom is -0.364 e. The molecule has 0 saturated heterocycles. The molecule has 0 radical (unpaired) electrons. The molecule has 1 aromatic heterocycles. The molecule has 0 aliphatic rings. The van der Waals surface area contributed by atoms with E-state index >= 15 is 0 Å². The third kappa shape index (κ3) is 2.45. The number of aromatic nitrogens is 3. The molecular weight excluding hydrogens is 275 g/mol. The van der Waals surface area contributed by atoms with Crippen LogP contribution < -0.4 is 5.73 Å². The average Bonchev–Trinajstić information content (AvgIpc) is 2.75. The standard InChI is InChI=1S/C10H9FN4O3S/c1-19(17,18)7-3-2-5(11)4-6(7)8-9(10(12)16)14-15-13-8/h2-4H,1H3,(H2,12,16)(H,13,14,15). The second-order valence-electron chi connectivity index (χ2n) is 3.80. The van der Waals surface area contributed by atoms with Crippen molar-refractivity contribution in [1.82, 2.24) is 15.4 Å². The predicted molar refractivity (Wildman–Crippen MR) is 63.4 cm³/mol. The fourth-order valence-corrected chi connectivity index (χ4v) is 2.47. The molecule has 100 valence electrons. The van der Waals surface area contributed by atoms with Crippen molar-refractivity contribution in [2.24, 2.45) is 5.73 Å². The van der Waals surface area contributed by atoms with Gasteiger partial charge in [-0.15, -0.1) is 0 Å². The van der Waals surface area contributed by atoms with Crippen molar-refractivity contribution in [3.05, 3.63) is 29.7 Å². The number of nitrogens with two attached hydrogens (primary N) is 1. The Balaban J connectivity index is 2.78. The molecule has 0 aliphatic heterocycles. The number of benzene rings is 1. The molecule has 1 aromatic carbocycles. The zero-order chi connectivity index (χ0) is 14.2. The summed E-state index contributed by atoms with van der Waals surface area (Å²) in [4.78, 5) is 11.0. The number of carbonyl (C=O) groups excluding carboxylic acids is 1. The number of hydrogen-bond acceptors (Lipinski definition) is 5. The molecule has 0 bridgehead atoms. The van der Waals surface area contributed by atoms with Gasteiger partial charge in [-0.25, -0.2) is 12.8 Å². The molecule has 3 N–H and O–H groups in total. The highest BCUT2D eigenvalue weighted by molar-refractivity contribution is 7.90. The van der Waals surface area contributed by atoms with Crippen molar-refractivity contribution in [1.29, 1.82) is 0 Å². The van der Waals surface area contributed by atoms with Crippen LogP contribution in [0.15, 0.2) is 23.1 Å². The summed E-state index contributed by atoms with van der Waals surface area (Å²) in [6.07, 6.45) is 0.966. The number of nitrogens with zero attached hydrogens (tertiary/aromatic N) is 2. The van der Waals surface area contributed by atoms with E-state index in [1.807, 2.05) is 0 Å². The number of amides is 1. The van der Waals surface area contributed by atoms with E-state index < -0.39 is 21.6 Å². The number of nitrogens with one attached hydrogen (secondary N) is 1. The van der Waals surface area contributed by atoms with Gasteiger partial charge in [-0.3, -0.25) is 4.79 Å². The minimum absolute atomic E-state index is 0.0648. The van der Waals surface area contributed by atoms with Crippen LogP contribution >= 0.6 is 0 Å². The Kier molecular flexibility index (Phi) is 3.06. The van der Waals surface area contributed by atoms with Crippen LogP contribution in [0.4, 0.5) is 4.39 Å². The maximum atomic E-state index is 13.3. The van der Waals surface area contributed by atoms with Gasteiger partial charge in [0.1, 0.15) is 11.5 Å². The lowest BCUT2D eigenvalue weighted by atomic mass is 10.1. The smallest absolute Gasteiger partial charge is 0.271 e. The Morgan fingerprint density at radius 3 is 2.63 bits per heavy atom. The average molecular weight is 284 g/mol. The van der Waals surface area contributed by atoms with Gasteiger partial charge in [0.25, 0.3) is 5.91 Å². The summed E-state index contributed by atoms with van der Waals surface area (Å²) in [5, 5.41) is 9.33. The van der Waals surface area contributed by atoms with Gasteiger partial charge in [-0.2, -0.15) is 15.4 Å². The van der Waals surface area contributed by atoms with Crippen molar-refractivity contribution in [3.63, 3.8) is 0 Å². The van der Waals surface area contributed by atoms with Crippen LogP contribution in [0.25, 0.3) is 11.3 Å². The molecule has 2 rings (SSSR count). The fraction of sp³-hybridized carbons (Fsp3) is 0.100. The monoisotopic (exact) mass is 284 g/mol. The summed E-state index contributed by atoms with van der Waals surface area (Å²) in [5.74, 6) is -1.56. The number of carbonyl (C=O) groups is 1. The molecule has 0 aliphatic carbocycles. The van der Waals surface area contributed by atoms with E-state index in [-0.39, 0.29) is 21.8 Å². The summed E-state index contributed by atoms with van der Waals surface area (Å²) >= 11 is 0. The maximum Gasteiger partial charge on any atom is 0.271 e. The number of rotatable bonds is 3. The Morgan fingerprint density at radius 2 is 2.05 bits per heavy atom. The molecule has 2 aromatic rings. The zero-order valence-corrected chi connectivity index (χ0v) is 10.5. The third-order valence-corrected chi connectivity index (χ3v) is 3.53. The van der Waals surface area contributed by atoms with E-state index in [9.17, 15) is 17.6 Å². The first-order valence-corrected chi connectivity index (χ1v) is 6.90. The van der Waals surface area contributed by atoms with E-state index in [4.69, 9.17) is 5.73 Å². The van der Waals surface area contributed by atoms with Gasteiger partial charge in [0.15, 0.2) is 15.5 Å². The van der Waals surface area contributed by atoms with Crippen LogP contribution in [0.1, 0.15) is 10.5 Å². The molecule has 0 unspecified atom stereocenters. The Labute approximate surface area is 107 Å². The van der Waals surface area contributed by atoms with Gasteiger partial charge in [0, 0.05) is 11.8 Å². The van der Waals surface area contributed by atoms with Gasteiger partial charge in [-0.05, 0) is 18.2 Å². The van der Waals surface area contributed by atoms with Crippen molar-refractivity contribution in [3.8, 4) is 11.3 Å². The highest BCUT2D eigenvalue weighted by Gasteiger charge is 2.22. The number of primary amides is 1. The highest BCUT2D eigenvalue weighted by Crippen LogP contribution is 2.28. The minimum atomic E-state index is -3.62. The van der Waals surface area contributed by atoms with Crippen LogP contribution in [0.3, 0.4) is 0 Å². The summed E-state index contributed by atoms with van der Waals surface area (Å²) in [5.41, 5.74) is 4.67. The second-order valence-corrected chi connectivity index (χ2v) is 5.78. The highest BCUT2D eigenvalue weighted by atomic mass is 32.2. The molecule has 7 nitrogen and oxygen atoms in total. The molecule has 0 spiro atoms. The van der Waals surface area contributed by atoms with E-state index in [2.05, 4.69) is 15.4 Å². The largest absolute Gasteiger partial charge is 0.364 e. The molecule has 1 amide bonds. The van der Waals surface area contributed by atoms with E-state index in [0.717, 1.165) is 24.5 Å². The van der Waals surface area contributed by atoms with Gasteiger partial charge >= 0.3 is 0 Å². The molecule has 19 heavy (non-hydrogen) atoms. The van der Waals surface area contributed by atoms with Gasteiger partial charge < -0.3 is 5.73 Å². The van der Waals surface area contributed by atoms with Crippen LogP contribution in [-0.4, -0.2) is 36.0 Å². The normalized spacial score (nSPS) is 11.5. The van der Waals surface area contributed by atoms with Gasteiger partial charge in [0.05, 0.1) is 4.90 Å². The Morgan fingerprint density at radius 1 is 1.37 bits per heavy atom. The van der Waals surface area contributed by atoms with Crippen LogP contribution in [-0.2, 0) is 9.84 Å². The molecular formula is C10H9FN4O3S. The lowest BCUT2D eigenvalue weighted by Gasteiger charge is -2.06. The Hall–Kier alpha value is -2.29. The Bertz CT molecular complexity index is 754. The van der Waals surface area contributed by atoms with Crippen LogP contribution in [0.5, 0.6) is 0 Å². The molecule has 0 atom stereocenters. The van der Waals surface area contributed by atoms with Crippen molar-refractivity contribution in [2.75, 3.05) is 6.26 Å². The van der Waals surface area contributed by atoms with Gasteiger partial charge in [0.2, 0.25) is 0 Å². The number of halogens is 1. The summed E-state index contributed by atoms with van der Waals surface area (Å²) < 4.78 is 36.6. The summed E-state index contributed by atoms with van der Waals surface area (Å²) in [7, 11) is -3.62. The van der Waals surface area contributed by atoms with Crippen LogP contribution in [0.2, 0.25) is 0 Å². The fourth-order valence-electron chi connectivity index (χ4n) is 1.60. The van der Waals surface area contributed by atoms with E-state index in [1.54, 1.807) is 0 Å². The molecule has 0 saturated carbocycles. The third-order valence-electron chi connectivity index (χ3n) is 2.38. The van der Waals surface area contributed by atoms with Crippen molar-refractivity contribution in [2.45, 2.75) is 4.90 Å². The first-order valence-electron chi connectivity index (χ1n) is 5.01. The van der Waals surface area contributed by atoms with Gasteiger partial charge in [-0.1, -0.05) is 0 Å². The van der Waals surface area contributed by atoms with Crippen molar-refractivity contribution < 1.29 is 17.6 Å².